The lowest BCUT2D eigenvalue weighted by atomic mass is 10.1. The molecule has 0 radical (unpaired) electrons. The molecule has 0 heterocycles. The van der Waals surface area contributed by atoms with Gasteiger partial charge in [-0.15, -0.1) is 0 Å². The molecular formula is C12H15BrO4. The van der Waals surface area contributed by atoms with Crippen LogP contribution in [-0.4, -0.2) is 28.4 Å². The predicted octanol–water partition coefficient (Wildman–Crippen LogP) is 2.69. The summed E-state index contributed by atoms with van der Waals surface area (Å²) in [6.07, 6.45) is 0.531. The van der Waals surface area contributed by atoms with Gasteiger partial charge < -0.3 is 14.9 Å². The van der Waals surface area contributed by atoms with Crippen molar-refractivity contribution < 1.29 is 19.7 Å². The van der Waals surface area contributed by atoms with Crippen molar-refractivity contribution in [2.45, 2.75) is 25.9 Å². The third-order valence-corrected chi connectivity index (χ3v) is 2.97. The van der Waals surface area contributed by atoms with Crippen LogP contribution in [0.5, 0.6) is 5.75 Å². The molecule has 0 bridgehead atoms. The summed E-state index contributed by atoms with van der Waals surface area (Å²) in [6.45, 7) is 3.54. The maximum absolute atomic E-state index is 11.0. The Morgan fingerprint density at radius 2 is 2.18 bits per heavy atom. The molecule has 0 aromatic heterocycles. The fourth-order valence-electron chi connectivity index (χ4n) is 1.13. The first kappa shape index (κ1) is 14.0. The van der Waals surface area contributed by atoms with E-state index in [-0.39, 0.29) is 17.9 Å². The van der Waals surface area contributed by atoms with Crippen LogP contribution >= 0.6 is 15.9 Å². The number of carboxylic acid groups (broad SMARTS) is 1. The summed E-state index contributed by atoms with van der Waals surface area (Å²) in [4.78, 5) is 11.0. The smallest absolute Gasteiger partial charge is 0.339 e. The van der Waals surface area contributed by atoms with Gasteiger partial charge in [0.15, 0.2) is 0 Å². The van der Waals surface area contributed by atoms with Gasteiger partial charge >= 0.3 is 5.97 Å². The van der Waals surface area contributed by atoms with Crippen LogP contribution in [0.2, 0.25) is 0 Å². The number of carboxylic acids is 1. The third kappa shape index (κ3) is 4.02. The van der Waals surface area contributed by atoms with Gasteiger partial charge in [0.2, 0.25) is 0 Å². The van der Waals surface area contributed by atoms with Gasteiger partial charge in [-0.2, -0.15) is 0 Å². The highest BCUT2D eigenvalue weighted by Gasteiger charge is 2.20. The first-order valence-electron chi connectivity index (χ1n) is 5.24. The van der Waals surface area contributed by atoms with Crippen molar-refractivity contribution in [2.75, 3.05) is 6.61 Å². The molecule has 1 atom stereocenters. The van der Waals surface area contributed by atoms with Crippen LogP contribution in [0, 0.1) is 0 Å². The number of hydrogen-bond donors (Lipinski definition) is 2. The normalized spacial score (nSPS) is 14.1. The molecule has 4 nitrogen and oxygen atoms in total. The molecule has 94 valence electrons. The Morgan fingerprint density at radius 1 is 1.53 bits per heavy atom. The van der Waals surface area contributed by atoms with E-state index < -0.39 is 11.6 Å². The second-order valence-corrected chi connectivity index (χ2v) is 5.00. The molecule has 0 amide bonds. The monoisotopic (exact) mass is 302 g/mol. The molecule has 1 rings (SSSR count). The number of carbonyl (C=O) groups is 1. The summed E-state index contributed by atoms with van der Waals surface area (Å²) >= 11 is 3.25. The molecule has 2 N–H and O–H groups in total. The molecule has 17 heavy (non-hydrogen) atoms. The van der Waals surface area contributed by atoms with E-state index in [1.54, 1.807) is 19.1 Å². The van der Waals surface area contributed by atoms with Crippen molar-refractivity contribution in [1.82, 2.24) is 0 Å². The lowest BCUT2D eigenvalue weighted by Crippen LogP contribution is -2.31. The quantitative estimate of drug-likeness (QED) is 0.877. The third-order valence-electron chi connectivity index (χ3n) is 2.47. The van der Waals surface area contributed by atoms with E-state index in [1.165, 1.54) is 6.07 Å². The van der Waals surface area contributed by atoms with E-state index in [1.807, 2.05) is 6.92 Å². The average Bonchev–Trinajstić information content (AvgIpc) is 2.26. The predicted molar refractivity (Wildman–Crippen MR) is 67.5 cm³/mol. The lowest BCUT2D eigenvalue weighted by molar-refractivity contribution is 0.00787. The van der Waals surface area contributed by atoms with Gasteiger partial charge in [0.25, 0.3) is 0 Å². The molecule has 0 aliphatic carbocycles. The van der Waals surface area contributed by atoms with Gasteiger partial charge in [-0.05, 0) is 31.5 Å². The lowest BCUT2D eigenvalue weighted by Gasteiger charge is -2.22. The maximum atomic E-state index is 11.0. The van der Waals surface area contributed by atoms with Gasteiger partial charge in [0, 0.05) is 4.47 Å². The molecule has 1 aromatic rings. The van der Waals surface area contributed by atoms with E-state index in [0.29, 0.717) is 6.42 Å². The number of ether oxygens (including phenoxy) is 1. The number of hydrogen-bond acceptors (Lipinski definition) is 3. The molecule has 0 fully saturated rings. The van der Waals surface area contributed by atoms with Crippen LogP contribution in [-0.2, 0) is 0 Å². The summed E-state index contributed by atoms with van der Waals surface area (Å²) in [5.41, 5.74) is -0.877. The van der Waals surface area contributed by atoms with Crippen molar-refractivity contribution >= 4 is 21.9 Å². The molecule has 0 saturated carbocycles. The van der Waals surface area contributed by atoms with Crippen molar-refractivity contribution in [3.63, 3.8) is 0 Å². The molecule has 1 unspecified atom stereocenters. The number of benzene rings is 1. The minimum atomic E-state index is -1.05. The zero-order valence-electron chi connectivity index (χ0n) is 9.74. The van der Waals surface area contributed by atoms with Crippen molar-refractivity contribution in [3.8, 4) is 5.75 Å². The Kier molecular flexibility index (Phi) is 4.54. The summed E-state index contributed by atoms with van der Waals surface area (Å²) in [7, 11) is 0. The minimum absolute atomic E-state index is 0.0558. The molecular weight excluding hydrogens is 288 g/mol. The highest BCUT2D eigenvalue weighted by atomic mass is 79.9. The second-order valence-electron chi connectivity index (χ2n) is 4.08. The van der Waals surface area contributed by atoms with E-state index in [9.17, 15) is 9.90 Å². The topological polar surface area (TPSA) is 66.8 Å². The summed E-state index contributed by atoms with van der Waals surface area (Å²) in [5, 5.41) is 18.8. The van der Waals surface area contributed by atoms with Crippen LogP contribution in [0.15, 0.2) is 22.7 Å². The van der Waals surface area contributed by atoms with Crippen molar-refractivity contribution in [2.24, 2.45) is 0 Å². The van der Waals surface area contributed by atoms with Crippen LogP contribution in [0.4, 0.5) is 0 Å². The maximum Gasteiger partial charge on any atom is 0.339 e. The van der Waals surface area contributed by atoms with Crippen LogP contribution in [0.1, 0.15) is 30.6 Å². The van der Waals surface area contributed by atoms with E-state index >= 15 is 0 Å². The molecule has 1 aromatic carbocycles. The Labute approximate surface area is 108 Å². The van der Waals surface area contributed by atoms with Crippen molar-refractivity contribution in [3.05, 3.63) is 28.2 Å². The Hall–Kier alpha value is -1.07. The number of halogens is 1. The van der Waals surface area contributed by atoms with Gasteiger partial charge in [-0.25, -0.2) is 4.79 Å². The van der Waals surface area contributed by atoms with E-state index in [0.717, 1.165) is 4.47 Å². The largest absolute Gasteiger partial charge is 0.490 e. The number of aliphatic hydroxyl groups is 1. The van der Waals surface area contributed by atoms with Gasteiger partial charge in [0.1, 0.15) is 17.9 Å². The SMILES string of the molecule is CCC(C)(O)COc1cc(Br)ccc1C(=O)O. The minimum Gasteiger partial charge on any atom is -0.490 e. The standard InChI is InChI=1S/C12H15BrO4/c1-3-12(2,16)7-17-10-6-8(13)4-5-9(10)11(14)15/h4-6,16H,3,7H2,1-2H3,(H,14,15). The van der Waals surface area contributed by atoms with Crippen LogP contribution in [0.25, 0.3) is 0 Å². The van der Waals surface area contributed by atoms with Crippen LogP contribution in [0.3, 0.4) is 0 Å². The van der Waals surface area contributed by atoms with Gasteiger partial charge in [0.05, 0.1) is 5.60 Å². The second kappa shape index (κ2) is 5.51. The number of aromatic carboxylic acids is 1. The average molecular weight is 303 g/mol. The zero-order chi connectivity index (χ0) is 13.1. The zero-order valence-corrected chi connectivity index (χ0v) is 11.3. The summed E-state index contributed by atoms with van der Waals surface area (Å²) < 4.78 is 6.10. The van der Waals surface area contributed by atoms with E-state index in [2.05, 4.69) is 15.9 Å². The molecule has 0 spiro atoms. The van der Waals surface area contributed by atoms with Crippen molar-refractivity contribution in [1.29, 1.82) is 0 Å². The molecule has 0 saturated heterocycles. The summed E-state index contributed by atoms with van der Waals surface area (Å²) in [6, 6.07) is 4.67. The van der Waals surface area contributed by atoms with Gasteiger partial charge in [-0.1, -0.05) is 22.9 Å². The first-order valence-corrected chi connectivity index (χ1v) is 6.03. The van der Waals surface area contributed by atoms with E-state index in [4.69, 9.17) is 9.84 Å². The molecule has 5 heteroatoms. The molecule has 0 aliphatic rings. The highest BCUT2D eigenvalue weighted by molar-refractivity contribution is 9.10. The Balaban J connectivity index is 2.89. The Bertz CT molecular complexity index is 415. The molecule has 0 aliphatic heterocycles. The fraction of sp³-hybridized carbons (Fsp3) is 0.417. The first-order chi connectivity index (χ1) is 7.85. The fourth-order valence-corrected chi connectivity index (χ4v) is 1.47. The van der Waals surface area contributed by atoms with Crippen LogP contribution < -0.4 is 4.74 Å². The number of rotatable bonds is 5. The Morgan fingerprint density at radius 3 is 2.71 bits per heavy atom. The summed E-state index contributed by atoms with van der Waals surface area (Å²) in [5.74, 6) is -0.802. The highest BCUT2D eigenvalue weighted by Crippen LogP contribution is 2.25. The van der Waals surface area contributed by atoms with Gasteiger partial charge in [-0.3, -0.25) is 0 Å².